The Kier molecular flexibility index (Phi) is 4.79. The molecule has 1 aliphatic heterocycles. The van der Waals surface area contributed by atoms with E-state index in [1.807, 2.05) is 0 Å². The highest BCUT2D eigenvalue weighted by molar-refractivity contribution is 5.62. The maximum atomic E-state index is 3.70. The molecular formula is C33H36N6. The standard InChI is InChI=1S/C33H36N6/c1-31(2)25-13-7-19(34-25)21-9-15-27(36-21)32(3,4)29-17-11-23(38-29)24-12-18-30(39-24)33(5,6)28-16-10-22(37-28)20-8-14-26(31)35-20/h7-18,34-39H,1-6H3. The Bertz CT molecular complexity index is 1460. The number of rotatable bonds is 0. The normalized spacial score (nSPS) is 17.1. The molecule has 6 aromatic rings. The topological polar surface area (TPSA) is 94.7 Å². The van der Waals surface area contributed by atoms with Crippen LogP contribution in [0.1, 0.15) is 75.7 Å². The minimum atomic E-state index is -0.222. The number of H-pyrrole nitrogens is 6. The molecule has 0 fully saturated rings. The van der Waals surface area contributed by atoms with E-state index in [0.29, 0.717) is 0 Å². The van der Waals surface area contributed by atoms with Crippen molar-refractivity contribution in [3.05, 3.63) is 107 Å². The Morgan fingerprint density at radius 2 is 0.436 bits per heavy atom. The molecule has 0 aliphatic carbocycles. The first kappa shape index (κ1) is 23.8. The Morgan fingerprint density at radius 3 is 0.590 bits per heavy atom. The first-order chi connectivity index (χ1) is 18.5. The summed E-state index contributed by atoms with van der Waals surface area (Å²) in [5.74, 6) is 0. The zero-order valence-corrected chi connectivity index (χ0v) is 23.4. The molecule has 0 saturated carbocycles. The third kappa shape index (κ3) is 3.54. The van der Waals surface area contributed by atoms with Gasteiger partial charge in [0.15, 0.2) is 0 Å². The van der Waals surface area contributed by atoms with Crippen LogP contribution in [0.3, 0.4) is 0 Å². The van der Waals surface area contributed by atoms with Gasteiger partial charge in [-0.25, -0.2) is 0 Å². The highest BCUT2D eigenvalue weighted by Gasteiger charge is 2.31. The SMILES string of the molecule is CC1(C)c2ccc([nH]2)-c2ccc([nH]2)C(C)(C)c2ccc([nH]2)-c2ccc([nH]2)C(C)(C)c2ccc([nH]2)-c2ccc1[nH]2. The van der Waals surface area contributed by atoms with Crippen molar-refractivity contribution in [2.24, 2.45) is 0 Å². The first-order valence-electron chi connectivity index (χ1n) is 13.7. The van der Waals surface area contributed by atoms with E-state index >= 15 is 0 Å². The van der Waals surface area contributed by atoms with Crippen molar-refractivity contribution < 1.29 is 0 Å². The molecule has 0 radical (unpaired) electrons. The molecule has 7 rings (SSSR count). The summed E-state index contributed by atoms with van der Waals surface area (Å²) in [5.41, 5.74) is 12.8. The van der Waals surface area contributed by atoms with E-state index in [-0.39, 0.29) is 16.2 Å². The largest absolute Gasteiger partial charge is 0.356 e. The Balaban J connectivity index is 1.40. The second-order valence-corrected chi connectivity index (χ2v) is 12.6. The lowest BCUT2D eigenvalue weighted by Crippen LogP contribution is -2.20. The lowest BCUT2D eigenvalue weighted by molar-refractivity contribution is 0.602. The van der Waals surface area contributed by atoms with Gasteiger partial charge in [0, 0.05) is 50.4 Å². The lowest BCUT2D eigenvalue weighted by Gasteiger charge is -2.23. The highest BCUT2D eigenvalue weighted by atomic mass is 14.9. The van der Waals surface area contributed by atoms with Gasteiger partial charge >= 0.3 is 0 Å². The molecule has 6 aromatic heterocycles. The lowest BCUT2D eigenvalue weighted by atomic mass is 9.86. The van der Waals surface area contributed by atoms with Crippen LogP contribution in [0.4, 0.5) is 0 Å². The molecule has 0 saturated heterocycles. The van der Waals surface area contributed by atoms with Crippen LogP contribution in [0, 0.1) is 0 Å². The van der Waals surface area contributed by atoms with Gasteiger partial charge in [-0.3, -0.25) is 0 Å². The van der Waals surface area contributed by atoms with Crippen LogP contribution in [-0.4, -0.2) is 29.9 Å². The van der Waals surface area contributed by atoms with Crippen molar-refractivity contribution in [3.8, 4) is 34.2 Å². The van der Waals surface area contributed by atoms with Crippen LogP contribution < -0.4 is 0 Å². The van der Waals surface area contributed by atoms with E-state index < -0.39 is 0 Å². The quantitative estimate of drug-likeness (QED) is 0.118. The van der Waals surface area contributed by atoms with Gasteiger partial charge in [0.1, 0.15) is 0 Å². The molecule has 1 aliphatic rings. The van der Waals surface area contributed by atoms with E-state index in [1.54, 1.807) is 0 Å². The highest BCUT2D eigenvalue weighted by Crippen LogP contribution is 2.38. The summed E-state index contributed by atoms with van der Waals surface area (Å²) in [7, 11) is 0. The zero-order chi connectivity index (χ0) is 27.2. The van der Waals surface area contributed by atoms with Crippen LogP contribution in [0.15, 0.2) is 72.8 Å². The van der Waals surface area contributed by atoms with Crippen LogP contribution in [-0.2, 0) is 16.2 Å². The van der Waals surface area contributed by atoms with Crippen molar-refractivity contribution in [1.29, 1.82) is 0 Å². The molecule has 39 heavy (non-hydrogen) atoms. The van der Waals surface area contributed by atoms with Crippen LogP contribution in [0.2, 0.25) is 0 Å². The Labute approximate surface area is 228 Å². The second-order valence-electron chi connectivity index (χ2n) is 12.6. The summed E-state index contributed by atoms with van der Waals surface area (Å²) in [5, 5.41) is 0. The minimum absolute atomic E-state index is 0.222. The fourth-order valence-corrected chi connectivity index (χ4v) is 5.94. The number of aromatic nitrogens is 6. The molecule has 6 heteroatoms. The van der Waals surface area contributed by atoms with Gasteiger partial charge in [0.25, 0.3) is 0 Å². The molecule has 198 valence electrons. The van der Waals surface area contributed by atoms with Gasteiger partial charge in [0.05, 0.1) is 34.2 Å². The van der Waals surface area contributed by atoms with Crippen molar-refractivity contribution in [1.82, 2.24) is 29.9 Å². The van der Waals surface area contributed by atoms with E-state index in [1.165, 1.54) is 0 Å². The van der Waals surface area contributed by atoms with Gasteiger partial charge in [0.2, 0.25) is 0 Å². The predicted molar refractivity (Wildman–Crippen MR) is 158 cm³/mol. The van der Waals surface area contributed by atoms with Gasteiger partial charge in [-0.15, -0.1) is 0 Å². The smallest absolute Gasteiger partial charge is 0.0621 e. The Morgan fingerprint density at radius 1 is 0.282 bits per heavy atom. The molecule has 0 amide bonds. The molecule has 0 atom stereocenters. The summed E-state index contributed by atoms with van der Waals surface area (Å²) in [6, 6.07) is 26.2. The van der Waals surface area contributed by atoms with Gasteiger partial charge < -0.3 is 29.9 Å². The minimum Gasteiger partial charge on any atom is -0.356 e. The fourth-order valence-electron chi connectivity index (χ4n) is 5.94. The average Bonchev–Trinajstić information content (AvgIpc) is 3.72. The third-order valence-electron chi connectivity index (χ3n) is 9.03. The number of fused-ring (bicyclic) bond motifs is 15. The average molecular weight is 517 g/mol. The monoisotopic (exact) mass is 516 g/mol. The summed E-state index contributed by atoms with van der Waals surface area (Å²) < 4.78 is 0. The molecule has 12 bridgehead atoms. The number of hydrogen-bond acceptors (Lipinski definition) is 0. The molecule has 6 N–H and O–H groups in total. The molecule has 0 spiro atoms. The zero-order valence-electron chi connectivity index (χ0n) is 23.4. The predicted octanol–water partition coefficient (Wildman–Crippen LogP) is 7.95. The molecule has 7 heterocycles. The third-order valence-corrected chi connectivity index (χ3v) is 9.03. The van der Waals surface area contributed by atoms with Gasteiger partial charge in [-0.1, -0.05) is 0 Å². The maximum Gasteiger partial charge on any atom is 0.0621 e. The van der Waals surface area contributed by atoms with Gasteiger partial charge in [-0.05, 0) is 114 Å². The number of nitrogens with one attached hydrogen (secondary N) is 6. The Hall–Kier alpha value is -4.32. The van der Waals surface area contributed by atoms with Crippen molar-refractivity contribution in [2.45, 2.75) is 57.8 Å². The fraction of sp³-hybridized carbons (Fsp3) is 0.273. The van der Waals surface area contributed by atoms with E-state index in [2.05, 4.69) is 144 Å². The van der Waals surface area contributed by atoms with Crippen LogP contribution >= 0.6 is 0 Å². The molecule has 0 unspecified atom stereocenters. The molecule has 0 aromatic carbocycles. The van der Waals surface area contributed by atoms with E-state index in [0.717, 1.165) is 68.3 Å². The van der Waals surface area contributed by atoms with E-state index in [9.17, 15) is 0 Å². The molecular weight excluding hydrogens is 480 g/mol. The molecule has 6 nitrogen and oxygen atoms in total. The van der Waals surface area contributed by atoms with Crippen molar-refractivity contribution >= 4 is 0 Å². The van der Waals surface area contributed by atoms with Crippen molar-refractivity contribution in [2.75, 3.05) is 0 Å². The van der Waals surface area contributed by atoms with Gasteiger partial charge in [-0.2, -0.15) is 0 Å². The number of hydrogen-bond donors (Lipinski definition) is 6. The van der Waals surface area contributed by atoms with Crippen LogP contribution in [0.5, 0.6) is 0 Å². The second kappa shape index (κ2) is 7.85. The van der Waals surface area contributed by atoms with E-state index in [4.69, 9.17) is 0 Å². The van der Waals surface area contributed by atoms with Crippen LogP contribution in [0.25, 0.3) is 34.2 Å². The summed E-state index contributed by atoms with van der Waals surface area (Å²) in [6.45, 7) is 13.5. The summed E-state index contributed by atoms with van der Waals surface area (Å²) >= 11 is 0. The summed E-state index contributed by atoms with van der Waals surface area (Å²) in [4.78, 5) is 22.2. The van der Waals surface area contributed by atoms with Crippen molar-refractivity contribution in [3.63, 3.8) is 0 Å². The first-order valence-corrected chi connectivity index (χ1v) is 13.7. The maximum absolute atomic E-state index is 3.70. The summed E-state index contributed by atoms with van der Waals surface area (Å²) in [6.07, 6.45) is 0. The number of aromatic amines is 6.